The van der Waals surface area contributed by atoms with Gasteiger partial charge in [-0.05, 0) is 6.92 Å². The number of aldehydes is 1. The van der Waals surface area contributed by atoms with Gasteiger partial charge in [0, 0.05) is 0 Å². The first kappa shape index (κ1) is 20.7. The number of carbonyl (C=O) groups is 1. The van der Waals surface area contributed by atoms with E-state index in [0.29, 0.717) is 0 Å². The van der Waals surface area contributed by atoms with Gasteiger partial charge in [-0.25, -0.2) is 0 Å². The zero-order valence-electron chi connectivity index (χ0n) is 10.5. The summed E-state index contributed by atoms with van der Waals surface area (Å²) >= 11 is 0. The van der Waals surface area contributed by atoms with Gasteiger partial charge in [0.25, 0.3) is 0 Å². The molecule has 0 aromatic heterocycles. The molecule has 0 aliphatic carbocycles. The van der Waals surface area contributed by atoms with Crippen molar-refractivity contribution < 1.29 is 45.6 Å². The lowest BCUT2D eigenvalue weighted by atomic mass is 9.93. The largest absolute Gasteiger partial charge is 0.394 e. The molecular formula is C10H22O9. The van der Waals surface area contributed by atoms with E-state index in [1.54, 1.807) is 0 Å². The van der Waals surface area contributed by atoms with Crippen molar-refractivity contribution >= 4 is 6.29 Å². The van der Waals surface area contributed by atoms with Gasteiger partial charge in [-0.2, -0.15) is 0 Å². The summed E-state index contributed by atoms with van der Waals surface area (Å²) in [6, 6.07) is 0. The van der Waals surface area contributed by atoms with Gasteiger partial charge in [-0.15, -0.1) is 0 Å². The Hall–Kier alpha value is -0.650. The van der Waals surface area contributed by atoms with Crippen LogP contribution in [0, 0.1) is 0 Å². The van der Waals surface area contributed by atoms with Gasteiger partial charge in [-0.1, -0.05) is 0 Å². The predicted octanol–water partition coefficient (Wildman–Crippen LogP) is -4.66. The number of aliphatic hydroxyl groups is 8. The van der Waals surface area contributed by atoms with Gasteiger partial charge in [0.15, 0.2) is 6.29 Å². The van der Waals surface area contributed by atoms with E-state index in [-0.39, 0.29) is 19.5 Å². The molecule has 0 bridgehead atoms. The third kappa shape index (κ3) is 8.18. The van der Waals surface area contributed by atoms with Crippen molar-refractivity contribution in [2.75, 3.05) is 19.8 Å². The Bertz CT molecular complexity index is 229. The number of rotatable bonds is 7. The van der Waals surface area contributed by atoms with E-state index in [2.05, 4.69) is 0 Å². The van der Waals surface area contributed by atoms with Crippen LogP contribution in [0.5, 0.6) is 0 Å². The van der Waals surface area contributed by atoms with E-state index in [1.165, 1.54) is 0 Å². The lowest BCUT2D eigenvalue weighted by Gasteiger charge is -2.29. The molecule has 0 spiro atoms. The van der Waals surface area contributed by atoms with Crippen molar-refractivity contribution in [3.8, 4) is 0 Å². The minimum absolute atomic E-state index is 0.0466. The molecule has 8 N–H and O–H groups in total. The molecule has 0 amide bonds. The smallest absolute Gasteiger partial charge is 0.154 e. The molecule has 0 aliphatic heterocycles. The Balaban J connectivity index is 0. The van der Waals surface area contributed by atoms with Gasteiger partial charge >= 0.3 is 0 Å². The average Bonchev–Trinajstić information content (AvgIpc) is 2.44. The Morgan fingerprint density at radius 1 is 1.00 bits per heavy atom. The molecule has 0 rings (SSSR count). The quantitative estimate of drug-likeness (QED) is 0.213. The van der Waals surface area contributed by atoms with Gasteiger partial charge in [0.1, 0.15) is 30.0 Å². The fraction of sp³-hybridized carbons (Fsp3) is 0.900. The zero-order valence-corrected chi connectivity index (χ0v) is 10.5. The maximum atomic E-state index is 10.2. The van der Waals surface area contributed by atoms with E-state index in [0.717, 1.165) is 6.92 Å². The molecule has 9 heteroatoms. The highest BCUT2D eigenvalue weighted by Crippen LogP contribution is 2.12. The molecule has 9 nitrogen and oxygen atoms in total. The van der Waals surface area contributed by atoms with Gasteiger partial charge in [0.2, 0.25) is 0 Å². The van der Waals surface area contributed by atoms with E-state index >= 15 is 0 Å². The predicted molar refractivity (Wildman–Crippen MR) is 62.0 cm³/mol. The minimum Gasteiger partial charge on any atom is -0.394 e. The zero-order chi connectivity index (χ0) is 15.6. The standard InChI is InChI=1S/C7H14O6.C3H8O3/c1-7(13,3-9)6(12)5(11)4(10)2-8;4-1-3(6)2-5/h3-6,8,10-13H,2H2,1H3;3-6H,1-2H2. The molecule has 4 unspecified atom stereocenters. The second kappa shape index (κ2) is 10.2. The molecule has 0 aromatic rings. The molecule has 0 heterocycles. The van der Waals surface area contributed by atoms with Crippen LogP contribution in [-0.4, -0.2) is 97.0 Å². The van der Waals surface area contributed by atoms with Gasteiger partial charge < -0.3 is 45.6 Å². The van der Waals surface area contributed by atoms with E-state index < -0.39 is 36.6 Å². The first-order chi connectivity index (χ1) is 8.67. The van der Waals surface area contributed by atoms with Crippen LogP contribution >= 0.6 is 0 Å². The molecule has 19 heavy (non-hydrogen) atoms. The summed E-state index contributed by atoms with van der Waals surface area (Å²) in [6.07, 6.45) is -6.12. The lowest BCUT2D eigenvalue weighted by molar-refractivity contribution is -0.159. The highest BCUT2D eigenvalue weighted by Gasteiger charge is 2.38. The van der Waals surface area contributed by atoms with Crippen LogP contribution in [0.4, 0.5) is 0 Å². The minimum atomic E-state index is -2.14. The maximum Gasteiger partial charge on any atom is 0.154 e. The normalized spacial score (nSPS) is 18.8. The van der Waals surface area contributed by atoms with Crippen LogP contribution in [-0.2, 0) is 4.79 Å². The fourth-order valence-electron chi connectivity index (χ4n) is 0.792. The Labute approximate surface area is 110 Å². The second-order valence-electron chi connectivity index (χ2n) is 4.05. The fourth-order valence-corrected chi connectivity index (χ4v) is 0.792. The molecule has 4 atom stereocenters. The molecule has 0 saturated carbocycles. The number of hydrogen-bond acceptors (Lipinski definition) is 9. The van der Waals surface area contributed by atoms with Crippen molar-refractivity contribution in [1.82, 2.24) is 0 Å². The van der Waals surface area contributed by atoms with Crippen LogP contribution in [0.3, 0.4) is 0 Å². The number of carbonyl (C=O) groups excluding carboxylic acids is 1. The first-order valence-electron chi connectivity index (χ1n) is 5.41. The first-order valence-corrected chi connectivity index (χ1v) is 5.41. The van der Waals surface area contributed by atoms with Crippen LogP contribution in [0.15, 0.2) is 0 Å². The third-order valence-corrected chi connectivity index (χ3v) is 2.16. The van der Waals surface area contributed by atoms with Crippen molar-refractivity contribution in [3.63, 3.8) is 0 Å². The van der Waals surface area contributed by atoms with Crippen molar-refractivity contribution in [3.05, 3.63) is 0 Å². The van der Waals surface area contributed by atoms with E-state index in [4.69, 9.17) is 40.9 Å². The number of hydrogen-bond donors (Lipinski definition) is 8. The van der Waals surface area contributed by atoms with Crippen LogP contribution in [0.2, 0.25) is 0 Å². The topological polar surface area (TPSA) is 179 Å². The van der Waals surface area contributed by atoms with Gasteiger partial charge in [0.05, 0.1) is 19.8 Å². The number of aliphatic hydroxyl groups excluding tert-OH is 7. The molecule has 0 aromatic carbocycles. The summed E-state index contributed by atoms with van der Waals surface area (Å²) in [5.41, 5.74) is -2.14. The summed E-state index contributed by atoms with van der Waals surface area (Å²) < 4.78 is 0. The molecule has 0 radical (unpaired) electrons. The van der Waals surface area contributed by atoms with E-state index in [1.807, 2.05) is 0 Å². The summed E-state index contributed by atoms with van der Waals surface area (Å²) in [4.78, 5) is 10.2. The highest BCUT2D eigenvalue weighted by molar-refractivity contribution is 5.62. The average molecular weight is 286 g/mol. The summed E-state index contributed by atoms with van der Waals surface area (Å²) in [5.74, 6) is 0. The monoisotopic (exact) mass is 286 g/mol. The molecule has 0 aliphatic rings. The lowest BCUT2D eigenvalue weighted by Crippen LogP contribution is -2.53. The molecule has 116 valence electrons. The molecule has 0 fully saturated rings. The molecule has 0 saturated heterocycles. The Kier molecular flexibility index (Phi) is 11.1. The SMILES string of the molecule is CC(O)(C=O)C(O)C(O)C(O)CO.OCC(O)CO. The molecular weight excluding hydrogens is 264 g/mol. The van der Waals surface area contributed by atoms with Crippen molar-refractivity contribution in [2.45, 2.75) is 36.9 Å². The van der Waals surface area contributed by atoms with Gasteiger partial charge in [-0.3, -0.25) is 0 Å². The Morgan fingerprint density at radius 3 is 1.63 bits per heavy atom. The maximum absolute atomic E-state index is 10.2. The highest BCUT2D eigenvalue weighted by atomic mass is 16.4. The van der Waals surface area contributed by atoms with Crippen LogP contribution in [0.1, 0.15) is 6.92 Å². The van der Waals surface area contributed by atoms with E-state index in [9.17, 15) is 4.79 Å². The Morgan fingerprint density at radius 2 is 1.42 bits per heavy atom. The summed E-state index contributed by atoms with van der Waals surface area (Å²) in [6.45, 7) is -0.516. The third-order valence-electron chi connectivity index (χ3n) is 2.16. The second-order valence-corrected chi connectivity index (χ2v) is 4.05. The summed E-state index contributed by atoms with van der Waals surface area (Å²) in [7, 11) is 0. The van der Waals surface area contributed by atoms with Crippen molar-refractivity contribution in [1.29, 1.82) is 0 Å². The summed E-state index contributed by atoms with van der Waals surface area (Å²) in [5, 5.41) is 68.6. The van der Waals surface area contributed by atoms with Crippen LogP contribution in [0.25, 0.3) is 0 Å². The van der Waals surface area contributed by atoms with Crippen LogP contribution < -0.4 is 0 Å². The van der Waals surface area contributed by atoms with Crippen molar-refractivity contribution in [2.24, 2.45) is 0 Å².